The Kier molecular flexibility index (Phi) is 7.49. The third kappa shape index (κ3) is 4.97. The lowest BCUT2D eigenvalue weighted by molar-refractivity contribution is -0.140. The molecule has 4 rings (SSSR count). The quantitative estimate of drug-likeness (QED) is 0.282. The first kappa shape index (κ1) is 26.8. The van der Waals surface area contributed by atoms with Crippen molar-refractivity contribution in [3.05, 3.63) is 75.6 Å². The van der Waals surface area contributed by atoms with E-state index in [0.717, 1.165) is 7.11 Å². The number of aromatic hydroxyl groups is 3. The van der Waals surface area contributed by atoms with E-state index >= 15 is 0 Å². The fourth-order valence-corrected chi connectivity index (χ4v) is 4.61. The lowest BCUT2D eigenvalue weighted by Gasteiger charge is -2.25. The van der Waals surface area contributed by atoms with E-state index in [0.29, 0.717) is 16.8 Å². The van der Waals surface area contributed by atoms with Gasteiger partial charge in [-0.3, -0.25) is 14.6 Å². The smallest absolute Gasteiger partial charge is 0.387 e. The number of carbonyl (C=O) groups excluding carboxylic acids is 2. The zero-order valence-corrected chi connectivity index (χ0v) is 20.7. The Labute approximate surface area is 216 Å². The van der Waals surface area contributed by atoms with Crippen LogP contribution in [0, 0.1) is 6.92 Å². The largest absolute Gasteiger partial charge is 0.507 e. The Hall–Kier alpha value is -4.25. The van der Waals surface area contributed by atoms with Gasteiger partial charge >= 0.3 is 12.6 Å². The van der Waals surface area contributed by atoms with Gasteiger partial charge < -0.3 is 29.5 Å². The highest BCUT2D eigenvalue weighted by molar-refractivity contribution is 5.98. The normalized spacial score (nSPS) is 15.3. The molecule has 1 aliphatic heterocycles. The molecule has 1 aromatic heterocycles. The van der Waals surface area contributed by atoms with Crippen LogP contribution >= 0.6 is 0 Å². The first-order chi connectivity index (χ1) is 18.0. The Bertz CT molecular complexity index is 1410. The third-order valence-electron chi connectivity index (χ3n) is 6.46. The number of phenolic OH excluding ortho intramolecular Hbond substituents is 2. The van der Waals surface area contributed by atoms with Crippen molar-refractivity contribution in [2.45, 2.75) is 45.5 Å². The number of carbonyl (C=O) groups is 2. The summed E-state index contributed by atoms with van der Waals surface area (Å²) < 4.78 is 40.9. The number of aryl methyl sites for hydroxylation is 1. The van der Waals surface area contributed by atoms with Crippen LogP contribution in [0.2, 0.25) is 0 Å². The summed E-state index contributed by atoms with van der Waals surface area (Å²) in [6.07, 6.45) is 0.0762. The molecule has 38 heavy (non-hydrogen) atoms. The molecule has 0 amide bonds. The number of esters is 1. The molecule has 3 N–H and O–H groups in total. The Morgan fingerprint density at radius 3 is 2.55 bits per heavy atom. The van der Waals surface area contributed by atoms with Crippen LogP contribution in [0.5, 0.6) is 23.0 Å². The van der Waals surface area contributed by atoms with Crippen LogP contribution in [0.25, 0.3) is 0 Å². The Morgan fingerprint density at radius 2 is 1.89 bits per heavy atom. The summed E-state index contributed by atoms with van der Waals surface area (Å²) in [7, 11) is 1.15. The number of aromatic nitrogens is 1. The van der Waals surface area contributed by atoms with Crippen molar-refractivity contribution < 1.29 is 47.9 Å². The average molecular weight is 529 g/mol. The number of hydrogen-bond acceptors (Lipinski definition) is 9. The van der Waals surface area contributed by atoms with Gasteiger partial charge in [-0.2, -0.15) is 8.78 Å². The van der Waals surface area contributed by atoms with Gasteiger partial charge in [-0.1, -0.05) is 12.1 Å². The van der Waals surface area contributed by atoms with Crippen molar-refractivity contribution in [2.24, 2.45) is 0 Å². The van der Waals surface area contributed by atoms with Gasteiger partial charge in [-0.25, -0.2) is 0 Å². The van der Waals surface area contributed by atoms with Crippen molar-refractivity contribution >= 4 is 11.8 Å². The predicted molar refractivity (Wildman–Crippen MR) is 129 cm³/mol. The molecule has 2 aromatic carbocycles. The van der Waals surface area contributed by atoms with Gasteiger partial charge in [0, 0.05) is 34.4 Å². The number of alkyl halides is 2. The molecule has 0 fully saturated rings. The maximum atomic E-state index is 12.9. The third-order valence-corrected chi connectivity index (χ3v) is 6.46. The average Bonchev–Trinajstić information content (AvgIpc) is 3.29. The van der Waals surface area contributed by atoms with Crippen molar-refractivity contribution in [3.8, 4) is 23.0 Å². The van der Waals surface area contributed by atoms with Gasteiger partial charge in [0.05, 0.1) is 31.4 Å². The van der Waals surface area contributed by atoms with Gasteiger partial charge in [0.1, 0.15) is 29.1 Å². The van der Waals surface area contributed by atoms with E-state index in [1.54, 1.807) is 6.92 Å². The van der Waals surface area contributed by atoms with Crippen molar-refractivity contribution in [1.29, 1.82) is 0 Å². The number of pyridine rings is 1. The second-order valence-electron chi connectivity index (χ2n) is 8.79. The summed E-state index contributed by atoms with van der Waals surface area (Å²) in [5.74, 6) is -3.89. The molecule has 0 saturated heterocycles. The molecular weight excluding hydrogens is 504 g/mol. The molecule has 3 aromatic rings. The summed E-state index contributed by atoms with van der Waals surface area (Å²) in [4.78, 5) is 29.0. The number of phenols is 2. The van der Waals surface area contributed by atoms with Crippen LogP contribution in [-0.4, -0.2) is 45.8 Å². The second-order valence-corrected chi connectivity index (χ2v) is 8.79. The molecule has 0 spiro atoms. The molecule has 9 nitrogen and oxygen atoms in total. The standard InChI is InChI=1S/C27H25F2NO8/c1-12-23(33)21-15(10-30-12)11-37-26(21)19-8-17(13(2)31)24(34)22(25(19)35)18(9-20(32)36-3)14-5-4-6-16(7-14)38-27(28)29/h4-8,10,18,26-27,33-35H,9,11H2,1-3H3/t18-,26-/m0/s1. The molecule has 1 aliphatic rings. The number of halogens is 2. The number of ether oxygens (including phenoxy) is 3. The van der Waals surface area contributed by atoms with Gasteiger partial charge in [0.25, 0.3) is 0 Å². The van der Waals surface area contributed by atoms with E-state index in [-0.39, 0.29) is 40.4 Å². The van der Waals surface area contributed by atoms with Gasteiger partial charge in [-0.15, -0.1) is 0 Å². The molecule has 11 heteroatoms. The van der Waals surface area contributed by atoms with Crippen LogP contribution in [0.3, 0.4) is 0 Å². The van der Waals surface area contributed by atoms with Crippen LogP contribution < -0.4 is 4.74 Å². The number of ketones is 1. The van der Waals surface area contributed by atoms with E-state index in [1.807, 2.05) is 0 Å². The number of methoxy groups -OCH3 is 1. The molecule has 200 valence electrons. The van der Waals surface area contributed by atoms with E-state index in [2.05, 4.69) is 9.72 Å². The first-order valence-electron chi connectivity index (χ1n) is 11.5. The minimum Gasteiger partial charge on any atom is -0.507 e. The number of hydrogen-bond donors (Lipinski definition) is 3. The number of nitrogens with zero attached hydrogens (tertiary/aromatic N) is 1. The van der Waals surface area contributed by atoms with E-state index < -0.39 is 48.3 Å². The number of Topliss-reactive ketones (excluding diaryl/α,β-unsaturated/α-hetero) is 1. The van der Waals surface area contributed by atoms with E-state index in [1.165, 1.54) is 43.5 Å². The molecule has 2 atom stereocenters. The summed E-state index contributed by atoms with van der Waals surface area (Å²) in [5.41, 5.74) is 1.12. The zero-order valence-electron chi connectivity index (χ0n) is 20.7. The summed E-state index contributed by atoms with van der Waals surface area (Å²) in [5, 5.41) is 33.4. The highest BCUT2D eigenvalue weighted by Gasteiger charge is 2.36. The SMILES string of the molecule is COC(=O)C[C@@H](c1cccc(OC(F)F)c1)c1c(O)c(C(C)=O)cc([C@@H]2OCc3cnc(C)c(O)c32)c1O. The zero-order chi connectivity index (χ0) is 27.7. The number of benzene rings is 2. The molecule has 0 unspecified atom stereocenters. The molecular formula is C27H25F2NO8. The minimum absolute atomic E-state index is 0.0532. The van der Waals surface area contributed by atoms with E-state index in [9.17, 15) is 33.7 Å². The van der Waals surface area contributed by atoms with E-state index in [4.69, 9.17) is 9.47 Å². The summed E-state index contributed by atoms with van der Waals surface area (Å²) >= 11 is 0. The van der Waals surface area contributed by atoms with Crippen LogP contribution in [0.1, 0.15) is 69.2 Å². The van der Waals surface area contributed by atoms with Crippen molar-refractivity contribution in [1.82, 2.24) is 4.98 Å². The Morgan fingerprint density at radius 1 is 1.16 bits per heavy atom. The van der Waals surface area contributed by atoms with Crippen LogP contribution in [0.15, 0.2) is 36.5 Å². The highest BCUT2D eigenvalue weighted by atomic mass is 19.3. The number of fused-ring (bicyclic) bond motifs is 1. The predicted octanol–water partition coefficient (Wildman–Crippen LogP) is 4.63. The van der Waals surface area contributed by atoms with Crippen molar-refractivity contribution in [2.75, 3.05) is 7.11 Å². The molecule has 0 radical (unpaired) electrons. The monoisotopic (exact) mass is 529 g/mol. The summed E-state index contributed by atoms with van der Waals surface area (Å²) in [6.45, 7) is -0.246. The lowest BCUT2D eigenvalue weighted by Crippen LogP contribution is -2.14. The van der Waals surface area contributed by atoms with Gasteiger partial charge in [-0.05, 0) is 37.6 Å². The van der Waals surface area contributed by atoms with Crippen LogP contribution in [-0.2, 0) is 20.9 Å². The fourth-order valence-electron chi connectivity index (χ4n) is 4.61. The maximum absolute atomic E-state index is 12.9. The van der Waals surface area contributed by atoms with Gasteiger partial charge in [0.2, 0.25) is 0 Å². The van der Waals surface area contributed by atoms with Crippen molar-refractivity contribution in [3.63, 3.8) is 0 Å². The molecule has 2 heterocycles. The van der Waals surface area contributed by atoms with Crippen LogP contribution in [0.4, 0.5) is 8.78 Å². The minimum atomic E-state index is -3.11. The molecule has 0 saturated carbocycles. The highest BCUT2D eigenvalue weighted by Crippen LogP contribution is 2.50. The second kappa shape index (κ2) is 10.6. The topological polar surface area (TPSA) is 135 Å². The maximum Gasteiger partial charge on any atom is 0.387 e. The number of rotatable bonds is 8. The molecule has 0 aliphatic carbocycles. The lowest BCUT2D eigenvalue weighted by atomic mass is 9.83. The van der Waals surface area contributed by atoms with Gasteiger partial charge in [0.15, 0.2) is 5.78 Å². The first-order valence-corrected chi connectivity index (χ1v) is 11.5. The summed E-state index contributed by atoms with van der Waals surface area (Å²) in [6, 6.07) is 6.68. The fraction of sp³-hybridized carbons (Fsp3) is 0.296. The Balaban J connectivity index is 1.96. The molecule has 0 bridgehead atoms.